The van der Waals surface area contributed by atoms with E-state index in [9.17, 15) is 13.6 Å². The Bertz CT molecular complexity index is 1030. The van der Waals surface area contributed by atoms with Crippen molar-refractivity contribution in [2.45, 2.75) is 32.7 Å². The van der Waals surface area contributed by atoms with Gasteiger partial charge in [-0.1, -0.05) is 12.1 Å². The van der Waals surface area contributed by atoms with Crippen LogP contribution in [-0.2, 0) is 9.53 Å². The number of hydrogen-bond donors (Lipinski definition) is 0. The fourth-order valence-corrected chi connectivity index (χ4v) is 3.92. The van der Waals surface area contributed by atoms with Crippen molar-refractivity contribution in [3.63, 3.8) is 0 Å². The van der Waals surface area contributed by atoms with Crippen LogP contribution in [0.2, 0.25) is 0 Å². The summed E-state index contributed by atoms with van der Waals surface area (Å²) in [5.41, 5.74) is 1.58. The lowest BCUT2D eigenvalue weighted by molar-refractivity contribution is -0.136. The molecule has 2 aromatic rings. The summed E-state index contributed by atoms with van der Waals surface area (Å²) in [6.07, 6.45) is 1.47. The predicted octanol–water partition coefficient (Wildman–Crippen LogP) is 4.49. The minimum absolute atomic E-state index is 0.0931. The highest BCUT2D eigenvalue weighted by molar-refractivity contribution is 6.24. The lowest BCUT2D eigenvalue weighted by atomic mass is 9.99. The number of hydrogen-bond acceptors (Lipinski definition) is 6. The van der Waals surface area contributed by atoms with Gasteiger partial charge in [-0.3, -0.25) is 4.79 Å². The van der Waals surface area contributed by atoms with Gasteiger partial charge in [0.2, 0.25) is 0 Å². The Kier molecular flexibility index (Phi) is 8.33. The lowest BCUT2D eigenvalue weighted by Crippen LogP contribution is -2.48. The molecule has 0 bridgehead atoms. The molecule has 2 atom stereocenters. The molecule has 3 rings (SSSR count). The van der Waals surface area contributed by atoms with E-state index in [0.717, 1.165) is 0 Å². The molecule has 7 nitrogen and oxygen atoms in total. The monoisotopic (exact) mass is 477 g/mol. The third-order valence-electron chi connectivity index (χ3n) is 5.35. The summed E-state index contributed by atoms with van der Waals surface area (Å²) in [5.74, 6) is 0.842. The maximum absolute atomic E-state index is 13.7. The summed E-state index contributed by atoms with van der Waals surface area (Å²) in [6.45, 7) is 1.74. The van der Waals surface area contributed by atoms with E-state index in [1.54, 1.807) is 35.2 Å². The number of halogens is 2. The zero-order chi connectivity index (χ0) is 24.8. The van der Waals surface area contributed by atoms with E-state index in [-0.39, 0.29) is 29.6 Å². The normalized spacial score (nSPS) is 18.6. The molecule has 0 spiro atoms. The van der Waals surface area contributed by atoms with Crippen molar-refractivity contribution in [2.24, 2.45) is 0 Å². The summed E-state index contributed by atoms with van der Waals surface area (Å²) >= 11 is 0. The minimum atomic E-state index is -2.98. The number of rotatable bonds is 8. The summed E-state index contributed by atoms with van der Waals surface area (Å²) < 4.78 is 51.6. The van der Waals surface area contributed by atoms with Crippen LogP contribution in [-0.4, -0.2) is 64.0 Å². The molecule has 184 valence electrons. The zero-order valence-electron chi connectivity index (χ0n) is 19.8. The van der Waals surface area contributed by atoms with Crippen molar-refractivity contribution in [1.29, 1.82) is 0 Å². The van der Waals surface area contributed by atoms with Gasteiger partial charge in [-0.05, 0) is 55.3 Å². The molecule has 2 aromatic carbocycles. The van der Waals surface area contributed by atoms with Crippen LogP contribution in [0.4, 0.5) is 8.78 Å². The number of morpholine rings is 1. The summed E-state index contributed by atoms with van der Waals surface area (Å²) in [5, 5.41) is 0. The van der Waals surface area contributed by atoms with Gasteiger partial charge in [-0.25, -0.2) is 0 Å². The number of ether oxygens (including phenoxy) is 5. The molecule has 0 radical (unpaired) electrons. The van der Waals surface area contributed by atoms with Gasteiger partial charge in [0.05, 0.1) is 33.5 Å². The first-order valence-electron chi connectivity index (χ1n) is 10.8. The standard InChI is InChI=1S/C25H29F2NO6/c1-15-13-28(14-16(2)33-15)24(29)19(18-7-9-20(30-3)23(12-18)32-5)10-17-6-8-21(34-25(26)27)22(11-17)31-4/h6-12,15-16,25H,13-14H2,1-5H3. The molecule has 1 heterocycles. The smallest absolute Gasteiger partial charge is 0.387 e. The number of carbonyl (C=O) groups is 1. The van der Waals surface area contributed by atoms with E-state index in [1.807, 2.05) is 13.8 Å². The van der Waals surface area contributed by atoms with Gasteiger partial charge in [-0.2, -0.15) is 8.78 Å². The van der Waals surface area contributed by atoms with Gasteiger partial charge in [0.25, 0.3) is 5.91 Å². The molecule has 1 amide bonds. The van der Waals surface area contributed by atoms with Gasteiger partial charge in [0.15, 0.2) is 23.0 Å². The molecule has 0 saturated carbocycles. The Balaban J connectivity index is 2.08. The molecular formula is C25H29F2NO6. The molecule has 0 aromatic heterocycles. The molecule has 2 unspecified atom stereocenters. The Hall–Kier alpha value is -3.33. The summed E-state index contributed by atoms with van der Waals surface area (Å²) in [4.78, 5) is 15.4. The summed E-state index contributed by atoms with van der Waals surface area (Å²) in [7, 11) is 4.41. The van der Waals surface area contributed by atoms with Gasteiger partial charge < -0.3 is 28.6 Å². The van der Waals surface area contributed by atoms with E-state index < -0.39 is 6.61 Å². The van der Waals surface area contributed by atoms with Crippen LogP contribution >= 0.6 is 0 Å². The van der Waals surface area contributed by atoms with Crippen LogP contribution in [0.3, 0.4) is 0 Å². The minimum Gasteiger partial charge on any atom is -0.493 e. The molecule has 1 aliphatic heterocycles. The Morgan fingerprint density at radius 2 is 1.53 bits per heavy atom. The average Bonchev–Trinajstić information content (AvgIpc) is 2.81. The Labute approximate surface area is 197 Å². The Morgan fingerprint density at radius 3 is 2.12 bits per heavy atom. The van der Waals surface area contributed by atoms with Gasteiger partial charge in [0.1, 0.15) is 0 Å². The van der Waals surface area contributed by atoms with E-state index in [0.29, 0.717) is 41.3 Å². The van der Waals surface area contributed by atoms with Crippen molar-refractivity contribution in [3.05, 3.63) is 47.5 Å². The molecule has 9 heteroatoms. The van der Waals surface area contributed by atoms with Gasteiger partial charge in [0, 0.05) is 18.7 Å². The van der Waals surface area contributed by atoms with Crippen molar-refractivity contribution in [1.82, 2.24) is 4.90 Å². The van der Waals surface area contributed by atoms with Gasteiger partial charge in [-0.15, -0.1) is 0 Å². The molecular weight excluding hydrogens is 448 g/mol. The number of methoxy groups -OCH3 is 3. The van der Waals surface area contributed by atoms with Crippen molar-refractivity contribution in [2.75, 3.05) is 34.4 Å². The van der Waals surface area contributed by atoms with E-state index in [4.69, 9.17) is 18.9 Å². The number of amides is 1. The largest absolute Gasteiger partial charge is 0.493 e. The summed E-state index contributed by atoms with van der Waals surface area (Å²) in [6, 6.07) is 9.72. The SMILES string of the molecule is COc1ccc(C(=Cc2ccc(OC(F)F)c(OC)c2)C(=O)N2CC(C)OC(C)C2)cc1OC. The second-order valence-electron chi connectivity index (χ2n) is 7.88. The van der Waals surface area contributed by atoms with E-state index >= 15 is 0 Å². The second kappa shape index (κ2) is 11.2. The highest BCUT2D eigenvalue weighted by atomic mass is 19.3. The fraction of sp³-hybridized carbons (Fsp3) is 0.400. The molecule has 1 aliphatic rings. The number of carbonyl (C=O) groups excluding carboxylic acids is 1. The molecule has 1 saturated heterocycles. The second-order valence-corrected chi connectivity index (χ2v) is 7.88. The highest BCUT2D eigenvalue weighted by Crippen LogP contribution is 2.34. The first-order chi connectivity index (χ1) is 16.2. The lowest BCUT2D eigenvalue weighted by Gasteiger charge is -2.36. The van der Waals surface area contributed by atoms with Gasteiger partial charge >= 0.3 is 6.61 Å². The maximum atomic E-state index is 13.7. The fourth-order valence-electron chi connectivity index (χ4n) is 3.92. The van der Waals surface area contributed by atoms with Crippen molar-refractivity contribution >= 4 is 17.6 Å². The van der Waals surface area contributed by atoms with Crippen molar-refractivity contribution in [3.8, 4) is 23.0 Å². The van der Waals surface area contributed by atoms with Crippen molar-refractivity contribution < 1.29 is 37.3 Å². The highest BCUT2D eigenvalue weighted by Gasteiger charge is 2.29. The average molecular weight is 478 g/mol. The van der Waals surface area contributed by atoms with Crippen LogP contribution in [0.5, 0.6) is 23.0 Å². The first kappa shape index (κ1) is 25.3. The molecule has 0 aliphatic carbocycles. The third-order valence-corrected chi connectivity index (χ3v) is 5.35. The Morgan fingerprint density at radius 1 is 0.941 bits per heavy atom. The molecule has 1 fully saturated rings. The van der Waals surface area contributed by atoms with Crippen LogP contribution in [0, 0.1) is 0 Å². The van der Waals surface area contributed by atoms with E-state index in [1.165, 1.54) is 33.5 Å². The number of benzene rings is 2. The van der Waals surface area contributed by atoms with E-state index in [2.05, 4.69) is 4.74 Å². The first-order valence-corrected chi connectivity index (χ1v) is 10.8. The topological polar surface area (TPSA) is 66.5 Å². The molecule has 0 N–H and O–H groups in total. The zero-order valence-corrected chi connectivity index (χ0v) is 19.8. The number of nitrogens with zero attached hydrogens (tertiary/aromatic N) is 1. The maximum Gasteiger partial charge on any atom is 0.387 e. The predicted molar refractivity (Wildman–Crippen MR) is 124 cm³/mol. The van der Waals surface area contributed by atoms with Crippen LogP contribution in [0.1, 0.15) is 25.0 Å². The van der Waals surface area contributed by atoms with Crippen LogP contribution in [0.25, 0.3) is 11.6 Å². The quantitative estimate of drug-likeness (QED) is 0.412. The molecule has 34 heavy (non-hydrogen) atoms. The number of alkyl halides is 2. The van der Waals surface area contributed by atoms with Crippen LogP contribution in [0.15, 0.2) is 36.4 Å². The third kappa shape index (κ3) is 5.96. The van der Waals surface area contributed by atoms with Crippen LogP contribution < -0.4 is 18.9 Å².